The predicted molar refractivity (Wildman–Crippen MR) is 172 cm³/mol. The number of likely N-dealkylation sites (tertiary alicyclic amines) is 2. The van der Waals surface area contributed by atoms with Crippen LogP contribution in [0.15, 0.2) is 77.3 Å². The lowest BCUT2D eigenvalue weighted by atomic mass is 9.93. The molecule has 0 aliphatic carbocycles. The van der Waals surface area contributed by atoms with Gasteiger partial charge >= 0.3 is 0 Å². The first kappa shape index (κ1) is 31.5. The van der Waals surface area contributed by atoms with E-state index in [1.165, 1.54) is 50.1 Å². The summed E-state index contributed by atoms with van der Waals surface area (Å²) in [5.41, 5.74) is 5.03. The fourth-order valence-corrected chi connectivity index (χ4v) is 7.21. The number of aromatic hydroxyl groups is 1. The number of hydrogen-bond donors (Lipinski definition) is 3. The van der Waals surface area contributed by atoms with Crippen LogP contribution < -0.4 is 22.6 Å². The van der Waals surface area contributed by atoms with Crippen LogP contribution in [0.3, 0.4) is 0 Å². The van der Waals surface area contributed by atoms with Gasteiger partial charge in [-0.15, -0.1) is 0 Å². The minimum Gasteiger partial charge on any atom is -1.00 e. The maximum Gasteiger partial charge on any atom is 0.253 e. The number of halogens is 2. The number of nitrogens with zero attached hydrogens (tertiary/aromatic N) is 2. The van der Waals surface area contributed by atoms with E-state index in [0.717, 1.165) is 47.4 Å². The van der Waals surface area contributed by atoms with Crippen molar-refractivity contribution in [3.05, 3.63) is 94.0 Å². The van der Waals surface area contributed by atoms with Gasteiger partial charge in [0.1, 0.15) is 12.3 Å². The number of hydrogen-bond acceptors (Lipinski definition) is 4. The van der Waals surface area contributed by atoms with Crippen LogP contribution >= 0.6 is 15.9 Å². The first-order valence-corrected chi connectivity index (χ1v) is 16.1. The summed E-state index contributed by atoms with van der Waals surface area (Å²) in [7, 11) is 0. The number of carbonyl (C=O) groups excluding carboxylic acids is 1. The van der Waals surface area contributed by atoms with E-state index in [2.05, 4.69) is 38.3 Å². The second-order valence-corrected chi connectivity index (χ2v) is 12.6. The van der Waals surface area contributed by atoms with Crippen molar-refractivity contribution in [2.75, 3.05) is 26.2 Å². The van der Waals surface area contributed by atoms with Gasteiger partial charge in [0.2, 0.25) is 0 Å². The second kappa shape index (κ2) is 14.2. The maximum atomic E-state index is 14.3. The van der Waals surface area contributed by atoms with E-state index < -0.39 is 0 Å². The minimum absolute atomic E-state index is 0. The summed E-state index contributed by atoms with van der Waals surface area (Å²) in [6.07, 6.45) is 6.37. The number of aromatic nitrogens is 1. The first-order chi connectivity index (χ1) is 20.5. The molecule has 2 aliphatic heterocycles. The van der Waals surface area contributed by atoms with Crippen molar-refractivity contribution in [3.8, 4) is 17.0 Å². The summed E-state index contributed by atoms with van der Waals surface area (Å²) in [5, 5.41) is 14.6. The van der Waals surface area contributed by atoms with Crippen LogP contribution in [0.1, 0.15) is 66.6 Å². The van der Waals surface area contributed by atoms with Gasteiger partial charge < -0.3 is 27.7 Å². The molecule has 3 N–H and O–H groups in total. The fourth-order valence-electron chi connectivity index (χ4n) is 6.77. The summed E-state index contributed by atoms with van der Waals surface area (Å²) in [4.78, 5) is 23.6. The Morgan fingerprint density at radius 2 is 1.65 bits per heavy atom. The van der Waals surface area contributed by atoms with Crippen molar-refractivity contribution in [1.82, 2.24) is 15.2 Å². The topological polar surface area (TPSA) is 69.9 Å². The maximum absolute atomic E-state index is 14.3. The van der Waals surface area contributed by atoms with E-state index in [-0.39, 0.29) is 30.1 Å². The molecule has 8 heteroatoms. The number of pyridine rings is 1. The normalized spacial score (nSPS) is 19.9. The molecular formula is C35H40BrClN4O2. The molecule has 0 radical (unpaired) electrons. The van der Waals surface area contributed by atoms with Gasteiger partial charge in [0.25, 0.3) is 5.91 Å². The van der Waals surface area contributed by atoms with Crippen LogP contribution in [-0.4, -0.2) is 53.1 Å². The SMILES string of the molecule is C[C@H](NC(=O)c1c(C[NH+]2CCC(N3CCCCC3)CC2)c(-c2ccccc2)nc2c(Br)c(O)ccc12)c1ccccc1.[Cl-]. The molecular weight excluding hydrogens is 624 g/mol. The highest BCUT2D eigenvalue weighted by molar-refractivity contribution is 9.10. The average Bonchev–Trinajstić information content (AvgIpc) is 3.04. The Kier molecular flexibility index (Phi) is 10.4. The number of carbonyl (C=O) groups is 1. The van der Waals surface area contributed by atoms with E-state index in [4.69, 9.17) is 4.98 Å². The van der Waals surface area contributed by atoms with E-state index in [1.54, 1.807) is 6.07 Å². The Morgan fingerprint density at radius 1 is 1.00 bits per heavy atom. The number of phenols is 1. The molecule has 0 bridgehead atoms. The molecule has 6 nitrogen and oxygen atoms in total. The van der Waals surface area contributed by atoms with Gasteiger partial charge in [-0.2, -0.15) is 0 Å². The van der Waals surface area contributed by atoms with Gasteiger partial charge in [-0.1, -0.05) is 67.1 Å². The quantitative estimate of drug-likeness (QED) is 0.285. The van der Waals surface area contributed by atoms with E-state index >= 15 is 0 Å². The van der Waals surface area contributed by atoms with Gasteiger partial charge in [0.15, 0.2) is 0 Å². The molecule has 4 aromatic rings. The molecule has 6 rings (SSSR count). The Labute approximate surface area is 269 Å². The molecule has 2 saturated heterocycles. The van der Waals surface area contributed by atoms with Crippen molar-refractivity contribution >= 4 is 32.7 Å². The number of quaternary nitrogens is 1. The van der Waals surface area contributed by atoms with Crippen molar-refractivity contribution in [2.24, 2.45) is 0 Å². The van der Waals surface area contributed by atoms with Crippen molar-refractivity contribution < 1.29 is 27.2 Å². The molecule has 0 spiro atoms. The zero-order valence-electron chi connectivity index (χ0n) is 24.7. The van der Waals surface area contributed by atoms with E-state index in [1.807, 2.05) is 61.5 Å². The van der Waals surface area contributed by atoms with Crippen LogP contribution in [0.4, 0.5) is 0 Å². The number of benzene rings is 3. The third-order valence-corrected chi connectivity index (χ3v) is 9.88. The van der Waals surface area contributed by atoms with Crippen LogP contribution in [0, 0.1) is 0 Å². The number of fused-ring (bicyclic) bond motifs is 1. The lowest BCUT2D eigenvalue weighted by molar-refractivity contribution is -0.919. The lowest BCUT2D eigenvalue weighted by Gasteiger charge is -2.38. The third-order valence-electron chi connectivity index (χ3n) is 9.09. The largest absolute Gasteiger partial charge is 1.00 e. The molecule has 1 amide bonds. The average molecular weight is 664 g/mol. The van der Waals surface area contributed by atoms with Gasteiger partial charge in [-0.25, -0.2) is 4.98 Å². The zero-order chi connectivity index (χ0) is 29.1. The molecule has 2 fully saturated rings. The molecule has 2 aliphatic rings. The highest BCUT2D eigenvalue weighted by Gasteiger charge is 2.31. The number of amides is 1. The Bertz CT molecular complexity index is 1540. The van der Waals surface area contributed by atoms with Gasteiger partial charge in [-0.05, 0) is 66.5 Å². The fraction of sp³-hybridized carbons (Fsp3) is 0.371. The molecule has 0 unspecified atom stereocenters. The zero-order valence-corrected chi connectivity index (χ0v) is 27.0. The lowest BCUT2D eigenvalue weighted by Crippen LogP contribution is -3.12. The monoisotopic (exact) mass is 662 g/mol. The summed E-state index contributed by atoms with van der Waals surface area (Å²) >= 11 is 3.57. The summed E-state index contributed by atoms with van der Waals surface area (Å²) in [6.45, 7) is 7.37. The summed E-state index contributed by atoms with van der Waals surface area (Å²) < 4.78 is 0.503. The summed E-state index contributed by atoms with van der Waals surface area (Å²) in [5.74, 6) is -0.0117. The van der Waals surface area contributed by atoms with Gasteiger partial charge in [0, 0.05) is 35.4 Å². The summed E-state index contributed by atoms with van der Waals surface area (Å²) in [6, 6.07) is 24.2. The predicted octanol–water partition coefficient (Wildman–Crippen LogP) is 2.90. The number of rotatable bonds is 7. The van der Waals surface area contributed by atoms with Crippen LogP contribution in [0.5, 0.6) is 5.75 Å². The third kappa shape index (κ3) is 6.91. The minimum atomic E-state index is -0.164. The van der Waals surface area contributed by atoms with Crippen LogP contribution in [-0.2, 0) is 6.54 Å². The van der Waals surface area contributed by atoms with Crippen molar-refractivity contribution in [3.63, 3.8) is 0 Å². The Hall–Kier alpha value is -2.97. The van der Waals surface area contributed by atoms with E-state index in [9.17, 15) is 9.90 Å². The number of piperidine rings is 2. The highest BCUT2D eigenvalue weighted by Crippen LogP contribution is 2.37. The smallest absolute Gasteiger partial charge is 0.253 e. The molecule has 226 valence electrons. The number of phenolic OH excluding ortho intramolecular Hbond substituents is 1. The second-order valence-electron chi connectivity index (χ2n) is 11.8. The molecule has 43 heavy (non-hydrogen) atoms. The molecule has 1 aromatic heterocycles. The van der Waals surface area contributed by atoms with Gasteiger partial charge in [0.05, 0.1) is 40.4 Å². The highest BCUT2D eigenvalue weighted by atomic mass is 79.9. The molecule has 3 heterocycles. The van der Waals surface area contributed by atoms with Crippen LogP contribution in [0.25, 0.3) is 22.2 Å². The standard InChI is InChI=1S/C35H39BrN4O2.ClH/c1-24(25-11-5-2-6-12-25)37-35(42)31-28-15-16-30(41)32(36)34(28)38-33(26-13-7-3-8-14-26)29(31)23-39-21-17-27(18-22-39)40-19-9-4-10-20-40;/h2-3,5-8,11-16,24,27,41H,4,9-10,17-23H2,1H3,(H,37,42);1H/t24-;/m0./s1. The Morgan fingerprint density at radius 3 is 2.33 bits per heavy atom. The Balaban J connectivity index is 0.00000368. The van der Waals surface area contributed by atoms with Crippen molar-refractivity contribution in [1.29, 1.82) is 0 Å². The molecule has 1 atom stereocenters. The molecule has 0 saturated carbocycles. The van der Waals surface area contributed by atoms with Crippen LogP contribution in [0.2, 0.25) is 0 Å². The van der Waals surface area contributed by atoms with E-state index in [0.29, 0.717) is 21.6 Å². The van der Waals surface area contributed by atoms with Gasteiger partial charge in [-0.3, -0.25) is 9.69 Å². The van der Waals surface area contributed by atoms with Crippen molar-refractivity contribution in [2.45, 2.75) is 57.7 Å². The molecule has 3 aromatic carbocycles. The first-order valence-electron chi connectivity index (χ1n) is 15.3. The number of nitrogens with one attached hydrogen (secondary N) is 2.